The second-order valence-electron chi connectivity index (χ2n) is 5.02. The first-order chi connectivity index (χ1) is 12.9. The minimum Gasteiger partial charge on any atom is -0.439 e. The topological polar surface area (TPSA) is 131 Å². The first-order valence-electron chi connectivity index (χ1n) is 7.28. The van der Waals surface area contributed by atoms with Crippen LogP contribution in [0.1, 0.15) is 0 Å². The van der Waals surface area contributed by atoms with Crippen molar-refractivity contribution in [3.63, 3.8) is 0 Å². The molecule has 0 radical (unpaired) electrons. The predicted octanol–water partition coefficient (Wildman–Crippen LogP) is 4.64. The van der Waals surface area contributed by atoms with Crippen LogP contribution < -0.4 is 9.47 Å². The van der Waals surface area contributed by atoms with Gasteiger partial charge in [0.05, 0.1) is 14.3 Å². The number of rotatable bonds is 6. The van der Waals surface area contributed by atoms with Crippen molar-refractivity contribution in [3.05, 3.63) is 79.6 Å². The van der Waals surface area contributed by atoms with E-state index in [1.807, 2.05) is 0 Å². The van der Waals surface area contributed by atoms with Gasteiger partial charge in [0.15, 0.2) is 0 Å². The molecule has 0 aliphatic heterocycles. The lowest BCUT2D eigenvalue weighted by atomic mass is 10.3. The molecule has 0 saturated heterocycles. The van der Waals surface area contributed by atoms with Gasteiger partial charge in [0.2, 0.25) is 11.8 Å². The molecule has 0 aliphatic rings. The van der Waals surface area contributed by atoms with Crippen LogP contribution in [-0.2, 0) is 0 Å². The molecular formula is C16H9BrN4O6. The van der Waals surface area contributed by atoms with Crippen LogP contribution in [0.15, 0.2) is 59.3 Å². The zero-order valence-electron chi connectivity index (χ0n) is 13.3. The van der Waals surface area contributed by atoms with E-state index in [-0.39, 0.29) is 23.1 Å². The summed E-state index contributed by atoms with van der Waals surface area (Å²) in [5.41, 5.74) is -0.297. The van der Waals surface area contributed by atoms with Crippen molar-refractivity contribution in [1.82, 2.24) is 9.97 Å². The van der Waals surface area contributed by atoms with E-state index in [1.54, 1.807) is 18.2 Å². The van der Waals surface area contributed by atoms with E-state index in [1.165, 1.54) is 24.3 Å². The second kappa shape index (κ2) is 7.74. The summed E-state index contributed by atoms with van der Waals surface area (Å²) in [6.07, 6.45) is 2.18. The molecule has 1 aromatic carbocycles. The summed E-state index contributed by atoms with van der Waals surface area (Å²) in [6, 6.07) is 10.2. The van der Waals surface area contributed by atoms with Crippen molar-refractivity contribution in [1.29, 1.82) is 0 Å². The Morgan fingerprint density at radius 1 is 0.815 bits per heavy atom. The molecule has 3 aromatic rings. The summed E-state index contributed by atoms with van der Waals surface area (Å²) in [7, 11) is 0. The van der Waals surface area contributed by atoms with Crippen LogP contribution in [0.4, 0.5) is 11.4 Å². The van der Waals surface area contributed by atoms with Gasteiger partial charge in [-0.25, -0.2) is 9.97 Å². The summed E-state index contributed by atoms with van der Waals surface area (Å²) >= 11 is 3.33. The van der Waals surface area contributed by atoms with E-state index >= 15 is 0 Å². The third-order valence-corrected chi connectivity index (χ3v) is 3.86. The molecule has 0 amide bonds. The quantitative estimate of drug-likeness (QED) is 0.406. The second-order valence-corrected chi connectivity index (χ2v) is 5.87. The highest BCUT2D eigenvalue weighted by Gasteiger charge is 2.11. The maximum absolute atomic E-state index is 10.7. The van der Waals surface area contributed by atoms with Gasteiger partial charge < -0.3 is 9.47 Å². The van der Waals surface area contributed by atoms with Gasteiger partial charge in [-0.1, -0.05) is 0 Å². The van der Waals surface area contributed by atoms with E-state index in [0.29, 0.717) is 16.0 Å². The molecule has 136 valence electrons. The zero-order valence-corrected chi connectivity index (χ0v) is 14.9. The molecule has 3 rings (SSSR count). The molecular weight excluding hydrogens is 424 g/mol. The summed E-state index contributed by atoms with van der Waals surface area (Å²) in [5.74, 6) is 1.06. The summed E-state index contributed by atoms with van der Waals surface area (Å²) in [6.45, 7) is 0. The summed E-state index contributed by atoms with van der Waals surface area (Å²) in [5, 5.41) is 21.3. The van der Waals surface area contributed by atoms with Crippen LogP contribution in [0.3, 0.4) is 0 Å². The molecule has 0 atom stereocenters. The van der Waals surface area contributed by atoms with E-state index in [2.05, 4.69) is 25.9 Å². The number of hydrogen-bond donors (Lipinski definition) is 0. The van der Waals surface area contributed by atoms with E-state index in [4.69, 9.17) is 9.47 Å². The SMILES string of the molecule is O=[N+]([O-])c1ccc(Oc2ccc(Br)c(Oc3ccc([N+](=O)[O-])cn3)c2)nc1. The molecule has 0 unspecified atom stereocenters. The number of hydrogen-bond acceptors (Lipinski definition) is 8. The molecule has 2 heterocycles. The van der Waals surface area contributed by atoms with Gasteiger partial charge in [-0.15, -0.1) is 0 Å². The third-order valence-electron chi connectivity index (χ3n) is 3.20. The molecule has 0 aliphatic carbocycles. The molecule has 0 spiro atoms. The molecule has 0 N–H and O–H groups in total. The average Bonchev–Trinajstić information content (AvgIpc) is 2.65. The Morgan fingerprint density at radius 2 is 1.37 bits per heavy atom. The van der Waals surface area contributed by atoms with Crippen molar-refractivity contribution in [2.24, 2.45) is 0 Å². The Hall–Kier alpha value is -3.60. The van der Waals surface area contributed by atoms with Crippen LogP contribution in [0, 0.1) is 20.2 Å². The number of nitro groups is 2. The maximum atomic E-state index is 10.7. The largest absolute Gasteiger partial charge is 0.439 e. The van der Waals surface area contributed by atoms with Crippen LogP contribution in [-0.4, -0.2) is 19.8 Å². The summed E-state index contributed by atoms with van der Waals surface area (Å²) < 4.78 is 11.8. The fraction of sp³-hybridized carbons (Fsp3) is 0. The number of ether oxygens (including phenoxy) is 2. The normalized spacial score (nSPS) is 10.3. The minimum atomic E-state index is -0.557. The molecule has 10 nitrogen and oxygen atoms in total. The Bertz CT molecular complexity index is 995. The van der Waals surface area contributed by atoms with Crippen LogP contribution in [0.2, 0.25) is 0 Å². The van der Waals surface area contributed by atoms with Crippen molar-refractivity contribution < 1.29 is 19.3 Å². The third kappa shape index (κ3) is 4.52. The number of pyridine rings is 2. The van der Waals surface area contributed by atoms with E-state index < -0.39 is 9.85 Å². The lowest BCUT2D eigenvalue weighted by molar-refractivity contribution is -0.385. The highest BCUT2D eigenvalue weighted by atomic mass is 79.9. The molecule has 0 fully saturated rings. The molecule has 0 bridgehead atoms. The molecule has 27 heavy (non-hydrogen) atoms. The van der Waals surface area contributed by atoms with Gasteiger partial charge in [0.25, 0.3) is 11.4 Å². The number of halogens is 1. The number of nitrogens with zero attached hydrogens (tertiary/aromatic N) is 4. The van der Waals surface area contributed by atoms with Gasteiger partial charge in [-0.05, 0) is 28.1 Å². The highest BCUT2D eigenvalue weighted by Crippen LogP contribution is 2.34. The fourth-order valence-corrected chi connectivity index (χ4v) is 2.27. The zero-order chi connectivity index (χ0) is 19.4. The van der Waals surface area contributed by atoms with Crippen molar-refractivity contribution in [3.8, 4) is 23.3 Å². The summed E-state index contributed by atoms with van der Waals surface area (Å²) in [4.78, 5) is 27.9. The van der Waals surface area contributed by atoms with Gasteiger partial charge in [-0.2, -0.15) is 0 Å². The van der Waals surface area contributed by atoms with Gasteiger partial charge in [-0.3, -0.25) is 20.2 Å². The maximum Gasteiger partial charge on any atom is 0.287 e. The average molecular weight is 433 g/mol. The molecule has 11 heteroatoms. The first-order valence-corrected chi connectivity index (χ1v) is 8.08. The van der Waals surface area contributed by atoms with Crippen molar-refractivity contribution in [2.75, 3.05) is 0 Å². The highest BCUT2D eigenvalue weighted by molar-refractivity contribution is 9.10. The Labute approximate surface area is 159 Å². The Kier molecular flexibility index (Phi) is 5.22. The molecule has 2 aromatic heterocycles. The van der Waals surface area contributed by atoms with Gasteiger partial charge in [0, 0.05) is 30.3 Å². The van der Waals surface area contributed by atoms with Gasteiger partial charge in [0.1, 0.15) is 23.9 Å². The fourth-order valence-electron chi connectivity index (χ4n) is 1.94. The van der Waals surface area contributed by atoms with Crippen molar-refractivity contribution in [2.45, 2.75) is 0 Å². The van der Waals surface area contributed by atoms with Crippen LogP contribution in [0.5, 0.6) is 23.3 Å². The lowest BCUT2D eigenvalue weighted by Crippen LogP contribution is -1.94. The Morgan fingerprint density at radius 3 is 1.85 bits per heavy atom. The smallest absolute Gasteiger partial charge is 0.287 e. The van der Waals surface area contributed by atoms with Gasteiger partial charge >= 0.3 is 0 Å². The number of aromatic nitrogens is 2. The minimum absolute atomic E-state index is 0.147. The lowest BCUT2D eigenvalue weighted by Gasteiger charge is -2.09. The van der Waals surface area contributed by atoms with E-state index in [0.717, 1.165) is 12.4 Å². The van der Waals surface area contributed by atoms with Crippen LogP contribution >= 0.6 is 15.9 Å². The Balaban J connectivity index is 1.77. The molecule has 0 saturated carbocycles. The monoisotopic (exact) mass is 432 g/mol. The van der Waals surface area contributed by atoms with Crippen LogP contribution in [0.25, 0.3) is 0 Å². The standard InChI is InChI=1S/C16H9BrN4O6/c17-13-4-3-12(26-15-5-1-10(8-18-15)20(22)23)7-14(13)27-16-6-2-11(9-19-16)21(24)25/h1-9H. The first kappa shape index (κ1) is 18.2. The van der Waals surface area contributed by atoms with E-state index in [9.17, 15) is 20.2 Å². The van der Waals surface area contributed by atoms with Crippen molar-refractivity contribution >= 4 is 27.3 Å². The predicted molar refractivity (Wildman–Crippen MR) is 96.1 cm³/mol. The number of benzene rings is 1.